The van der Waals surface area contributed by atoms with Crippen molar-refractivity contribution in [1.82, 2.24) is 0 Å². The minimum absolute atomic E-state index is 0.0377. The second-order valence-corrected chi connectivity index (χ2v) is 3.69. The second-order valence-electron chi connectivity index (χ2n) is 3.69. The van der Waals surface area contributed by atoms with Crippen LogP contribution in [0.4, 0.5) is 8.78 Å². The van der Waals surface area contributed by atoms with Crippen molar-refractivity contribution in [2.24, 2.45) is 4.99 Å². The number of benzene rings is 1. The smallest absolute Gasteiger partial charge is 0.132 e. The lowest BCUT2D eigenvalue weighted by molar-refractivity contribution is 0.567. The molecule has 0 aliphatic heterocycles. The van der Waals surface area contributed by atoms with Gasteiger partial charge in [0.05, 0.1) is 11.3 Å². The summed E-state index contributed by atoms with van der Waals surface area (Å²) >= 11 is 0. The zero-order valence-electron chi connectivity index (χ0n) is 9.36. The van der Waals surface area contributed by atoms with Gasteiger partial charge < -0.3 is 0 Å². The van der Waals surface area contributed by atoms with Crippen LogP contribution in [0.25, 0.3) is 0 Å². The Hall–Kier alpha value is -2.32. The molecule has 0 unspecified atom stereocenters. The van der Waals surface area contributed by atoms with Crippen LogP contribution in [-0.4, -0.2) is 12.2 Å². The summed E-state index contributed by atoms with van der Waals surface area (Å²) in [6, 6.07) is 3.11. The highest BCUT2D eigenvalue weighted by atomic mass is 19.1. The number of hydrogen-bond acceptors (Lipinski definition) is 2. The molecule has 0 amide bonds. The van der Waals surface area contributed by atoms with Gasteiger partial charge in [0.2, 0.25) is 0 Å². The molecule has 0 N–H and O–H groups in total. The van der Waals surface area contributed by atoms with Crippen molar-refractivity contribution in [3.63, 3.8) is 0 Å². The highest BCUT2D eigenvalue weighted by molar-refractivity contribution is 5.82. The van der Waals surface area contributed by atoms with E-state index < -0.39 is 11.6 Å². The third-order valence-electron chi connectivity index (χ3n) is 2.45. The van der Waals surface area contributed by atoms with Gasteiger partial charge in [-0.1, -0.05) is 12.2 Å². The van der Waals surface area contributed by atoms with E-state index in [0.29, 0.717) is 17.7 Å². The first-order valence-corrected chi connectivity index (χ1v) is 5.31. The van der Waals surface area contributed by atoms with Crippen LogP contribution in [0.3, 0.4) is 0 Å². The predicted octanol–water partition coefficient (Wildman–Crippen LogP) is 2.99. The summed E-state index contributed by atoms with van der Waals surface area (Å²) < 4.78 is 26.3. The first-order chi connectivity index (χ1) is 8.70. The molecule has 0 heterocycles. The van der Waals surface area contributed by atoms with Crippen molar-refractivity contribution in [3.05, 3.63) is 64.9 Å². The SMILES string of the molecule is O=C=C1CC=CC=C1N=Cc1cc(F)ccc1F. The standard InChI is InChI=1S/C14H9F2NO/c15-12-5-6-13(16)11(7-12)8-17-14-4-2-1-3-10(14)9-18/h1-2,4-8H,3H2. The third-order valence-corrected chi connectivity index (χ3v) is 2.45. The quantitative estimate of drug-likeness (QED) is 0.581. The van der Waals surface area contributed by atoms with Crippen LogP contribution in [0.2, 0.25) is 0 Å². The fourth-order valence-corrected chi connectivity index (χ4v) is 1.52. The fraction of sp³-hybridized carbons (Fsp3) is 0.0714. The van der Waals surface area contributed by atoms with Gasteiger partial charge in [-0.05, 0) is 24.3 Å². The maximum Gasteiger partial charge on any atom is 0.132 e. The molecule has 0 fully saturated rings. The number of rotatable bonds is 2. The molecule has 1 aromatic carbocycles. The molecule has 0 spiro atoms. The van der Waals surface area contributed by atoms with Gasteiger partial charge in [0.15, 0.2) is 0 Å². The predicted molar refractivity (Wildman–Crippen MR) is 65.0 cm³/mol. The van der Waals surface area contributed by atoms with E-state index in [1.807, 2.05) is 0 Å². The molecule has 0 atom stereocenters. The molecular weight excluding hydrogens is 236 g/mol. The van der Waals surface area contributed by atoms with Crippen LogP contribution >= 0.6 is 0 Å². The van der Waals surface area contributed by atoms with Gasteiger partial charge in [0.1, 0.15) is 17.6 Å². The number of carbonyl (C=O) groups excluding carboxylic acids is 1. The Morgan fingerprint density at radius 2 is 2.17 bits per heavy atom. The number of hydrogen-bond donors (Lipinski definition) is 0. The summed E-state index contributed by atoms with van der Waals surface area (Å²) in [6.07, 6.45) is 6.80. The molecule has 2 rings (SSSR count). The van der Waals surface area contributed by atoms with Crippen molar-refractivity contribution >= 4 is 12.2 Å². The minimum atomic E-state index is -0.566. The minimum Gasteiger partial charge on any atom is -0.255 e. The molecule has 90 valence electrons. The summed E-state index contributed by atoms with van der Waals surface area (Å²) in [4.78, 5) is 14.6. The molecule has 4 heteroatoms. The van der Waals surface area contributed by atoms with Crippen LogP contribution in [0.1, 0.15) is 12.0 Å². The number of allylic oxidation sites excluding steroid dienone is 4. The summed E-state index contributed by atoms with van der Waals surface area (Å²) in [5.74, 6) is 0.676. The van der Waals surface area contributed by atoms with Crippen LogP contribution in [0.15, 0.2) is 52.7 Å². The average Bonchev–Trinajstić information content (AvgIpc) is 2.40. The van der Waals surface area contributed by atoms with Gasteiger partial charge in [-0.3, -0.25) is 4.99 Å². The van der Waals surface area contributed by atoms with Crippen LogP contribution < -0.4 is 0 Å². The van der Waals surface area contributed by atoms with E-state index in [9.17, 15) is 13.6 Å². The first-order valence-electron chi connectivity index (χ1n) is 5.31. The Morgan fingerprint density at radius 1 is 1.33 bits per heavy atom. The maximum atomic E-state index is 13.3. The molecule has 0 saturated carbocycles. The van der Waals surface area contributed by atoms with Crippen molar-refractivity contribution < 1.29 is 13.6 Å². The van der Waals surface area contributed by atoms with Crippen LogP contribution in [0, 0.1) is 11.6 Å². The third kappa shape index (κ3) is 2.67. The van der Waals surface area contributed by atoms with Gasteiger partial charge in [0.25, 0.3) is 0 Å². The molecule has 18 heavy (non-hydrogen) atoms. The van der Waals surface area contributed by atoms with Crippen LogP contribution in [0.5, 0.6) is 0 Å². The Kier molecular flexibility index (Phi) is 3.60. The fourth-order valence-electron chi connectivity index (χ4n) is 1.52. The zero-order valence-corrected chi connectivity index (χ0v) is 9.36. The van der Waals surface area contributed by atoms with Gasteiger partial charge >= 0.3 is 0 Å². The van der Waals surface area contributed by atoms with Gasteiger partial charge in [-0.15, -0.1) is 0 Å². The molecular formula is C14H9F2NO. The highest BCUT2D eigenvalue weighted by Crippen LogP contribution is 2.18. The Bertz CT molecular complexity index is 608. The van der Waals surface area contributed by atoms with E-state index in [1.165, 1.54) is 6.21 Å². The topological polar surface area (TPSA) is 29.4 Å². The van der Waals surface area contributed by atoms with Gasteiger partial charge in [-0.25, -0.2) is 13.6 Å². The lowest BCUT2D eigenvalue weighted by Gasteiger charge is -2.04. The monoisotopic (exact) mass is 245 g/mol. The van der Waals surface area contributed by atoms with E-state index in [4.69, 9.17) is 0 Å². The molecule has 0 saturated heterocycles. The molecule has 0 bridgehead atoms. The Labute approximate surface area is 103 Å². The normalized spacial score (nSPS) is 14.8. The average molecular weight is 245 g/mol. The number of nitrogens with zero attached hydrogens (tertiary/aromatic N) is 1. The zero-order chi connectivity index (χ0) is 13.0. The second kappa shape index (κ2) is 5.34. The molecule has 0 radical (unpaired) electrons. The maximum absolute atomic E-state index is 13.3. The van der Waals surface area contributed by atoms with Gasteiger partial charge in [0, 0.05) is 18.2 Å². The number of halogens is 2. The summed E-state index contributed by atoms with van der Waals surface area (Å²) in [6.45, 7) is 0. The van der Waals surface area contributed by atoms with Crippen LogP contribution in [-0.2, 0) is 4.79 Å². The number of aliphatic imine (C=N–C) groups is 1. The van der Waals surface area contributed by atoms with Crippen molar-refractivity contribution in [2.45, 2.75) is 6.42 Å². The molecule has 0 aromatic heterocycles. The summed E-state index contributed by atoms with van der Waals surface area (Å²) in [5, 5.41) is 0. The molecule has 1 aromatic rings. The summed E-state index contributed by atoms with van der Waals surface area (Å²) in [5.41, 5.74) is 0.845. The van der Waals surface area contributed by atoms with E-state index in [-0.39, 0.29) is 5.56 Å². The molecule has 1 aliphatic carbocycles. The van der Waals surface area contributed by atoms with Crippen molar-refractivity contribution in [1.29, 1.82) is 0 Å². The first kappa shape index (κ1) is 12.1. The van der Waals surface area contributed by atoms with Crippen molar-refractivity contribution in [2.75, 3.05) is 0 Å². The van der Waals surface area contributed by atoms with Crippen molar-refractivity contribution in [3.8, 4) is 0 Å². The lowest BCUT2D eigenvalue weighted by atomic mass is 10.1. The van der Waals surface area contributed by atoms with E-state index in [2.05, 4.69) is 4.99 Å². The van der Waals surface area contributed by atoms with E-state index in [0.717, 1.165) is 18.2 Å². The lowest BCUT2D eigenvalue weighted by Crippen LogP contribution is -1.94. The molecule has 1 aliphatic rings. The Balaban J connectivity index is 2.30. The van der Waals surface area contributed by atoms with Gasteiger partial charge in [-0.2, -0.15) is 0 Å². The Morgan fingerprint density at radius 3 is 2.94 bits per heavy atom. The van der Waals surface area contributed by atoms with E-state index in [1.54, 1.807) is 24.2 Å². The van der Waals surface area contributed by atoms with E-state index >= 15 is 0 Å². The summed E-state index contributed by atoms with van der Waals surface area (Å²) in [7, 11) is 0. The molecule has 2 nitrogen and oxygen atoms in total. The highest BCUT2D eigenvalue weighted by Gasteiger charge is 2.07. The largest absolute Gasteiger partial charge is 0.255 e.